The van der Waals surface area contributed by atoms with Crippen LogP contribution < -0.4 is 10.6 Å². The summed E-state index contributed by atoms with van der Waals surface area (Å²) in [6.07, 6.45) is -2.52. The number of benzene rings is 4. The smallest absolute Gasteiger partial charge is 0.370 e. The van der Waals surface area contributed by atoms with Gasteiger partial charge in [0.1, 0.15) is 6.04 Å². The molecule has 1 atom stereocenters. The fourth-order valence-corrected chi connectivity index (χ4v) is 5.37. The van der Waals surface area contributed by atoms with Gasteiger partial charge < -0.3 is 15.2 Å². The monoisotopic (exact) mass is 585 g/mol. The molecule has 9 heteroatoms. The molecule has 0 bridgehead atoms. The first kappa shape index (κ1) is 27.4. The molecule has 0 radical (unpaired) electrons. The Morgan fingerprint density at radius 3 is 2.38 bits per heavy atom. The number of rotatable bonds is 5. The number of Topliss-reactive ketones (excluding diaryl/α,β-unsaturated/α-hetero) is 1. The van der Waals surface area contributed by atoms with Gasteiger partial charge in [0.25, 0.3) is 5.91 Å². The van der Waals surface area contributed by atoms with Crippen molar-refractivity contribution < 1.29 is 22.8 Å². The number of fused-ring (bicyclic) bond motifs is 2. The number of ketones is 1. The summed E-state index contributed by atoms with van der Waals surface area (Å²) in [5, 5.41) is 6.32. The van der Waals surface area contributed by atoms with E-state index < -0.39 is 23.7 Å². The van der Waals surface area contributed by atoms with E-state index in [1.54, 1.807) is 36.4 Å². The number of nitrogens with one attached hydrogen (secondary N) is 2. The molecule has 0 aliphatic carbocycles. The Morgan fingerprint density at radius 2 is 1.62 bits per heavy atom. The first-order chi connectivity index (χ1) is 20.2. The zero-order valence-electron chi connectivity index (χ0n) is 22.0. The molecule has 42 heavy (non-hydrogen) atoms. The Hall–Kier alpha value is -4.82. The lowest BCUT2D eigenvalue weighted by Crippen LogP contribution is -2.22. The molecule has 0 saturated carbocycles. The minimum Gasteiger partial charge on any atom is -0.370 e. The average Bonchev–Trinajstić information content (AvgIpc) is 3.38. The molecule has 2 heterocycles. The Bertz CT molecular complexity index is 1810. The van der Waals surface area contributed by atoms with Crippen LogP contribution >= 0.6 is 11.6 Å². The number of hydrogen-bond acceptors (Lipinski definition) is 3. The van der Waals surface area contributed by atoms with E-state index in [2.05, 4.69) is 10.6 Å². The second-order valence-corrected chi connectivity index (χ2v) is 10.3. The molecule has 1 aromatic heterocycles. The number of carbonyl (C=O) groups excluding carboxylic acids is 2. The van der Waals surface area contributed by atoms with Crippen molar-refractivity contribution in [2.45, 2.75) is 18.8 Å². The third-order valence-corrected chi connectivity index (χ3v) is 7.59. The van der Waals surface area contributed by atoms with Crippen LogP contribution in [0.5, 0.6) is 0 Å². The van der Waals surface area contributed by atoms with Crippen molar-refractivity contribution in [1.29, 1.82) is 0 Å². The highest BCUT2D eigenvalue weighted by Crippen LogP contribution is 2.34. The van der Waals surface area contributed by atoms with Crippen molar-refractivity contribution in [3.05, 3.63) is 142 Å². The predicted molar refractivity (Wildman–Crippen MR) is 157 cm³/mol. The third-order valence-electron chi connectivity index (χ3n) is 7.28. The van der Waals surface area contributed by atoms with Crippen LogP contribution in [0.1, 0.15) is 43.6 Å². The molecular formula is C33H23ClF3N3O2. The van der Waals surface area contributed by atoms with Crippen LogP contribution in [0, 0.1) is 0 Å². The van der Waals surface area contributed by atoms with E-state index in [-0.39, 0.29) is 16.4 Å². The number of amides is 1. The number of alkyl halides is 3. The minimum atomic E-state index is -4.46. The summed E-state index contributed by atoms with van der Waals surface area (Å²) in [6, 6.07) is 26.9. The summed E-state index contributed by atoms with van der Waals surface area (Å²) in [5.74, 6) is -0.676. The summed E-state index contributed by atoms with van der Waals surface area (Å²) >= 11 is 6.55. The van der Waals surface area contributed by atoms with Crippen LogP contribution in [0.15, 0.2) is 109 Å². The van der Waals surface area contributed by atoms with Gasteiger partial charge in [-0.15, -0.1) is 0 Å². The van der Waals surface area contributed by atoms with Gasteiger partial charge in [-0.25, -0.2) is 0 Å². The van der Waals surface area contributed by atoms with Gasteiger partial charge in [-0.3, -0.25) is 9.59 Å². The lowest BCUT2D eigenvalue weighted by molar-refractivity contribution is -0.137. The number of para-hydroxylation sites is 1. The normalized spacial score (nSPS) is 14.2. The fourth-order valence-electron chi connectivity index (χ4n) is 5.14. The summed E-state index contributed by atoms with van der Waals surface area (Å²) in [5.41, 5.74) is 3.85. The summed E-state index contributed by atoms with van der Waals surface area (Å²) in [4.78, 5) is 27.0. The Kier molecular flexibility index (Phi) is 7.08. The number of halogens is 4. The average molecular weight is 586 g/mol. The second-order valence-electron chi connectivity index (χ2n) is 9.93. The van der Waals surface area contributed by atoms with Gasteiger partial charge in [0.15, 0.2) is 5.78 Å². The number of hydrogen-bond donors (Lipinski definition) is 2. The molecule has 1 aliphatic heterocycles. The van der Waals surface area contributed by atoms with E-state index in [1.165, 1.54) is 18.2 Å². The van der Waals surface area contributed by atoms with E-state index in [0.717, 1.165) is 29.1 Å². The number of nitrogens with zero attached hydrogens (tertiary/aromatic N) is 1. The SMILES string of the molecule is O=C(Nc1ccc(C(=O)C2Nc3ccccc3Cn3cccc32)cc1Cl)c1ccccc1-c1ccc(C(F)(F)F)cc1. The lowest BCUT2D eigenvalue weighted by atomic mass is 9.98. The molecule has 0 saturated heterocycles. The van der Waals surface area contributed by atoms with Crippen LogP contribution in [-0.4, -0.2) is 16.3 Å². The summed E-state index contributed by atoms with van der Waals surface area (Å²) in [6.45, 7) is 0.634. The van der Waals surface area contributed by atoms with Gasteiger partial charge in [0, 0.05) is 35.2 Å². The molecule has 0 fully saturated rings. The van der Waals surface area contributed by atoms with Crippen molar-refractivity contribution in [3.63, 3.8) is 0 Å². The van der Waals surface area contributed by atoms with E-state index in [4.69, 9.17) is 11.6 Å². The molecule has 5 aromatic rings. The van der Waals surface area contributed by atoms with Gasteiger partial charge in [0.05, 0.1) is 16.3 Å². The minimum absolute atomic E-state index is 0.172. The number of aromatic nitrogens is 1. The maximum atomic E-state index is 13.7. The molecule has 1 unspecified atom stereocenters. The molecule has 5 nitrogen and oxygen atoms in total. The topological polar surface area (TPSA) is 63.1 Å². The van der Waals surface area contributed by atoms with Gasteiger partial charge in [0.2, 0.25) is 0 Å². The van der Waals surface area contributed by atoms with Crippen molar-refractivity contribution in [1.82, 2.24) is 4.57 Å². The van der Waals surface area contributed by atoms with Crippen LogP contribution in [0.3, 0.4) is 0 Å². The zero-order valence-corrected chi connectivity index (χ0v) is 22.7. The molecule has 6 rings (SSSR count). The van der Waals surface area contributed by atoms with Crippen LogP contribution in [0.4, 0.5) is 24.5 Å². The molecule has 2 N–H and O–H groups in total. The highest BCUT2D eigenvalue weighted by atomic mass is 35.5. The summed E-state index contributed by atoms with van der Waals surface area (Å²) in [7, 11) is 0. The third kappa shape index (κ3) is 5.29. The van der Waals surface area contributed by atoms with Crippen molar-refractivity contribution in [2.24, 2.45) is 0 Å². The molecule has 0 spiro atoms. The molecule has 1 aliphatic rings. The number of carbonyl (C=O) groups is 2. The molecule has 4 aromatic carbocycles. The Labute approximate surface area is 244 Å². The highest BCUT2D eigenvalue weighted by Gasteiger charge is 2.30. The Balaban J connectivity index is 1.24. The van der Waals surface area contributed by atoms with E-state index in [9.17, 15) is 22.8 Å². The predicted octanol–water partition coefficient (Wildman–Crippen LogP) is 8.48. The summed E-state index contributed by atoms with van der Waals surface area (Å²) < 4.78 is 41.1. The van der Waals surface area contributed by atoms with Crippen molar-refractivity contribution >= 4 is 34.7 Å². The molecule has 210 valence electrons. The standard InChI is InChI=1S/C33H23ClF3N3O2/c34-26-18-21(31(41)30-29-10-5-17-40(29)19-22-6-1-4-9-27(22)38-30)13-16-28(26)39-32(42)25-8-3-2-7-24(25)20-11-14-23(15-12-20)33(35,36)37/h1-18,30,38H,19H2,(H,39,42). The van der Waals surface area contributed by atoms with Gasteiger partial charge >= 0.3 is 6.18 Å². The van der Waals surface area contributed by atoms with Crippen molar-refractivity contribution in [3.8, 4) is 11.1 Å². The maximum Gasteiger partial charge on any atom is 0.416 e. The van der Waals surface area contributed by atoms with Crippen molar-refractivity contribution in [2.75, 3.05) is 10.6 Å². The number of anilines is 2. The lowest BCUT2D eigenvalue weighted by Gasteiger charge is -2.19. The van der Waals surface area contributed by atoms with E-state index >= 15 is 0 Å². The highest BCUT2D eigenvalue weighted by molar-refractivity contribution is 6.34. The maximum absolute atomic E-state index is 13.7. The first-order valence-electron chi connectivity index (χ1n) is 13.1. The van der Waals surface area contributed by atoms with Gasteiger partial charge in [-0.2, -0.15) is 13.2 Å². The second kappa shape index (κ2) is 10.9. The quantitative estimate of drug-likeness (QED) is 0.203. The molecular weight excluding hydrogens is 563 g/mol. The largest absolute Gasteiger partial charge is 0.416 e. The van der Waals surface area contributed by atoms with Crippen LogP contribution in [-0.2, 0) is 12.7 Å². The van der Waals surface area contributed by atoms with Crippen LogP contribution in [0.2, 0.25) is 5.02 Å². The molecule has 1 amide bonds. The Morgan fingerprint density at radius 1 is 0.881 bits per heavy atom. The van der Waals surface area contributed by atoms with E-state index in [1.807, 2.05) is 47.2 Å². The van der Waals surface area contributed by atoms with E-state index in [0.29, 0.717) is 28.9 Å². The van der Waals surface area contributed by atoms with Gasteiger partial charge in [-0.1, -0.05) is 60.1 Å². The first-order valence-corrected chi connectivity index (χ1v) is 13.5. The zero-order chi connectivity index (χ0) is 29.4. The van der Waals surface area contributed by atoms with Crippen LogP contribution in [0.25, 0.3) is 11.1 Å². The van der Waals surface area contributed by atoms with Gasteiger partial charge in [-0.05, 0) is 71.3 Å². The fraction of sp³-hybridized carbons (Fsp3) is 0.0909.